The Kier molecular flexibility index (Phi) is 5.82. The number of rotatable bonds is 3. The highest BCUT2D eigenvalue weighted by Gasteiger charge is 2.13. The summed E-state index contributed by atoms with van der Waals surface area (Å²) in [5, 5.41) is 0. The van der Waals surface area contributed by atoms with Crippen molar-refractivity contribution >= 4 is 0 Å². The van der Waals surface area contributed by atoms with Crippen molar-refractivity contribution in [1.82, 2.24) is 0 Å². The smallest absolute Gasteiger partial charge is 0.0125 e. The van der Waals surface area contributed by atoms with Gasteiger partial charge in [0.25, 0.3) is 0 Å². The SMILES string of the molecule is Cc1cc(C)cc(-c2c(C)cc(-c3cc(C)c(-c4cc(C)cc(C)c4)c(C)c3)cc2C)c1. The van der Waals surface area contributed by atoms with E-state index in [-0.39, 0.29) is 0 Å². The minimum Gasteiger partial charge on any atom is -0.0563 e. The number of hydrogen-bond acceptors (Lipinski definition) is 0. The monoisotopic (exact) mass is 418 g/mol. The highest BCUT2D eigenvalue weighted by Crippen LogP contribution is 2.36. The predicted octanol–water partition coefficient (Wildman–Crippen LogP) is 9.15. The Morgan fingerprint density at radius 1 is 0.281 bits per heavy atom. The Morgan fingerprint density at radius 2 is 0.531 bits per heavy atom. The summed E-state index contributed by atoms with van der Waals surface area (Å²) in [4.78, 5) is 0. The molecule has 0 nitrogen and oxygen atoms in total. The third-order valence-electron chi connectivity index (χ3n) is 6.42. The van der Waals surface area contributed by atoms with Gasteiger partial charge in [-0.1, -0.05) is 82.9 Å². The highest BCUT2D eigenvalue weighted by atomic mass is 14.2. The average molecular weight is 419 g/mol. The Morgan fingerprint density at radius 3 is 0.781 bits per heavy atom. The minimum absolute atomic E-state index is 1.30. The van der Waals surface area contributed by atoms with Crippen molar-refractivity contribution in [2.45, 2.75) is 55.4 Å². The Labute approximate surface area is 194 Å². The molecule has 0 radical (unpaired) electrons. The molecule has 162 valence electrons. The van der Waals surface area contributed by atoms with Gasteiger partial charge in [0, 0.05) is 0 Å². The zero-order chi connectivity index (χ0) is 23.2. The van der Waals surface area contributed by atoms with Crippen LogP contribution in [0.2, 0.25) is 0 Å². The van der Waals surface area contributed by atoms with Crippen molar-refractivity contribution in [2.75, 3.05) is 0 Å². The van der Waals surface area contributed by atoms with Crippen LogP contribution in [0.25, 0.3) is 33.4 Å². The van der Waals surface area contributed by atoms with Crippen molar-refractivity contribution in [1.29, 1.82) is 0 Å². The van der Waals surface area contributed by atoms with Gasteiger partial charge in [0.1, 0.15) is 0 Å². The van der Waals surface area contributed by atoms with Crippen molar-refractivity contribution in [2.24, 2.45) is 0 Å². The first-order valence-electron chi connectivity index (χ1n) is 11.5. The molecule has 0 bridgehead atoms. The lowest BCUT2D eigenvalue weighted by molar-refractivity contribution is 1.32. The average Bonchev–Trinajstić information content (AvgIpc) is 2.65. The Balaban J connectivity index is 1.81. The van der Waals surface area contributed by atoms with Gasteiger partial charge in [0.2, 0.25) is 0 Å². The van der Waals surface area contributed by atoms with Crippen LogP contribution < -0.4 is 0 Å². The summed E-state index contributed by atoms with van der Waals surface area (Å²) >= 11 is 0. The van der Waals surface area contributed by atoms with Crippen molar-refractivity contribution in [3.05, 3.63) is 105 Å². The standard InChI is InChI=1S/C32H34/c1-19-9-20(2)12-29(11-19)31-23(5)15-27(16-24(31)6)28-17-25(7)32(26(8)18-28)30-13-21(3)10-22(4)14-30/h9-18H,1-8H3. The zero-order valence-corrected chi connectivity index (χ0v) is 20.8. The molecule has 0 amide bonds. The molecule has 0 aliphatic heterocycles. The summed E-state index contributed by atoms with van der Waals surface area (Å²) in [7, 11) is 0. The molecular formula is C32H34. The largest absolute Gasteiger partial charge is 0.0563 e. The molecule has 0 heterocycles. The van der Waals surface area contributed by atoms with E-state index in [2.05, 4.69) is 116 Å². The molecular weight excluding hydrogens is 384 g/mol. The second-order valence-electron chi connectivity index (χ2n) is 9.72. The molecule has 0 unspecified atom stereocenters. The van der Waals surface area contributed by atoms with E-state index in [1.807, 2.05) is 0 Å². The van der Waals surface area contributed by atoms with Crippen LogP contribution in [-0.4, -0.2) is 0 Å². The van der Waals surface area contributed by atoms with Crippen LogP contribution in [0, 0.1) is 55.4 Å². The van der Waals surface area contributed by atoms with E-state index in [4.69, 9.17) is 0 Å². The van der Waals surface area contributed by atoms with Crippen LogP contribution in [0.3, 0.4) is 0 Å². The van der Waals surface area contributed by atoms with Crippen LogP contribution in [0.1, 0.15) is 44.5 Å². The van der Waals surface area contributed by atoms with Gasteiger partial charge in [0.05, 0.1) is 0 Å². The van der Waals surface area contributed by atoms with E-state index < -0.39 is 0 Å². The van der Waals surface area contributed by atoms with Gasteiger partial charge in [-0.2, -0.15) is 0 Å². The Hall–Kier alpha value is -3.12. The summed E-state index contributed by atoms with van der Waals surface area (Å²) in [5.41, 5.74) is 18.6. The summed E-state index contributed by atoms with van der Waals surface area (Å²) in [6.07, 6.45) is 0. The zero-order valence-electron chi connectivity index (χ0n) is 20.8. The first kappa shape index (κ1) is 22.1. The normalized spacial score (nSPS) is 11.1. The third-order valence-corrected chi connectivity index (χ3v) is 6.42. The van der Waals surface area contributed by atoms with E-state index in [0.29, 0.717) is 0 Å². The highest BCUT2D eigenvalue weighted by molar-refractivity contribution is 5.81. The van der Waals surface area contributed by atoms with Gasteiger partial charge < -0.3 is 0 Å². The maximum absolute atomic E-state index is 2.35. The van der Waals surface area contributed by atoms with E-state index in [9.17, 15) is 0 Å². The number of hydrogen-bond donors (Lipinski definition) is 0. The lowest BCUT2D eigenvalue weighted by atomic mass is 9.87. The molecule has 0 heteroatoms. The van der Waals surface area contributed by atoms with Gasteiger partial charge in [-0.25, -0.2) is 0 Å². The summed E-state index contributed by atoms with van der Waals surface area (Å²) in [6, 6.07) is 23.1. The molecule has 0 spiro atoms. The van der Waals surface area contributed by atoms with Crippen molar-refractivity contribution in [3.8, 4) is 33.4 Å². The molecule has 32 heavy (non-hydrogen) atoms. The molecule has 0 saturated carbocycles. The summed E-state index contributed by atoms with van der Waals surface area (Å²) < 4.78 is 0. The summed E-state index contributed by atoms with van der Waals surface area (Å²) in [6.45, 7) is 17.7. The molecule has 0 saturated heterocycles. The van der Waals surface area contributed by atoms with Crippen molar-refractivity contribution < 1.29 is 0 Å². The van der Waals surface area contributed by atoms with Crippen molar-refractivity contribution in [3.63, 3.8) is 0 Å². The first-order valence-corrected chi connectivity index (χ1v) is 11.5. The molecule has 0 aromatic heterocycles. The maximum atomic E-state index is 2.35. The lowest BCUT2D eigenvalue weighted by Gasteiger charge is -2.17. The first-order chi connectivity index (χ1) is 15.1. The topological polar surface area (TPSA) is 0 Å². The van der Waals surface area contributed by atoms with Gasteiger partial charge in [0.15, 0.2) is 0 Å². The maximum Gasteiger partial charge on any atom is -0.0125 e. The number of benzene rings is 4. The fraction of sp³-hybridized carbons (Fsp3) is 0.250. The van der Waals surface area contributed by atoms with Crippen LogP contribution in [0.15, 0.2) is 60.7 Å². The quantitative estimate of drug-likeness (QED) is 0.311. The molecule has 0 aliphatic carbocycles. The van der Waals surface area contributed by atoms with Gasteiger partial charge in [-0.05, 0) is 111 Å². The molecule has 0 aliphatic rings. The van der Waals surface area contributed by atoms with Gasteiger partial charge >= 0.3 is 0 Å². The van der Waals surface area contributed by atoms with Gasteiger partial charge in [-0.3, -0.25) is 0 Å². The van der Waals surface area contributed by atoms with E-state index >= 15 is 0 Å². The van der Waals surface area contributed by atoms with E-state index in [1.165, 1.54) is 77.9 Å². The van der Waals surface area contributed by atoms with Crippen LogP contribution in [0.5, 0.6) is 0 Å². The predicted molar refractivity (Wildman–Crippen MR) is 141 cm³/mol. The fourth-order valence-electron chi connectivity index (χ4n) is 5.41. The van der Waals surface area contributed by atoms with Crippen LogP contribution in [0.4, 0.5) is 0 Å². The minimum atomic E-state index is 1.30. The second-order valence-corrected chi connectivity index (χ2v) is 9.72. The Bertz CT molecular complexity index is 1140. The molecule has 4 aromatic carbocycles. The molecule has 4 rings (SSSR count). The molecule has 0 fully saturated rings. The summed E-state index contributed by atoms with van der Waals surface area (Å²) in [5.74, 6) is 0. The molecule has 4 aromatic rings. The van der Waals surface area contributed by atoms with E-state index in [0.717, 1.165) is 0 Å². The third kappa shape index (κ3) is 4.28. The molecule has 0 atom stereocenters. The second kappa shape index (κ2) is 8.43. The number of aryl methyl sites for hydroxylation is 8. The lowest BCUT2D eigenvalue weighted by Crippen LogP contribution is -1.95. The van der Waals surface area contributed by atoms with Crippen LogP contribution in [-0.2, 0) is 0 Å². The van der Waals surface area contributed by atoms with E-state index in [1.54, 1.807) is 0 Å². The fourth-order valence-corrected chi connectivity index (χ4v) is 5.41. The van der Waals surface area contributed by atoms with Gasteiger partial charge in [-0.15, -0.1) is 0 Å². The van der Waals surface area contributed by atoms with Crippen LogP contribution >= 0.6 is 0 Å². The molecule has 0 N–H and O–H groups in total.